The van der Waals surface area contributed by atoms with E-state index in [9.17, 15) is 9.59 Å². The molecule has 1 amide bonds. The summed E-state index contributed by atoms with van der Waals surface area (Å²) in [5, 5.41) is 0. The van der Waals surface area contributed by atoms with Crippen LogP contribution in [0.1, 0.15) is 44.1 Å². The normalized spacial score (nSPS) is 32.4. The van der Waals surface area contributed by atoms with Gasteiger partial charge in [0.2, 0.25) is 0 Å². The predicted octanol–water partition coefficient (Wildman–Crippen LogP) is 3.40. The molecule has 4 fully saturated rings. The molecular weight excluding hydrogens is 314 g/mol. The number of esters is 1. The first-order valence-corrected chi connectivity index (χ1v) is 9.49. The maximum Gasteiger partial charge on any atom is 0.312 e. The summed E-state index contributed by atoms with van der Waals surface area (Å²) in [5.74, 6) is 1.86. The van der Waals surface area contributed by atoms with Crippen LogP contribution in [0.4, 0.5) is 0 Å². The van der Waals surface area contributed by atoms with Gasteiger partial charge in [-0.2, -0.15) is 0 Å². The Morgan fingerprint density at radius 3 is 2.16 bits per heavy atom. The summed E-state index contributed by atoms with van der Waals surface area (Å²) in [4.78, 5) is 26.7. The molecular formula is C21H27NO3. The minimum Gasteiger partial charge on any atom is -0.455 e. The van der Waals surface area contributed by atoms with Crippen LogP contribution in [-0.4, -0.2) is 30.4 Å². The van der Waals surface area contributed by atoms with Gasteiger partial charge in [-0.1, -0.05) is 30.3 Å². The van der Waals surface area contributed by atoms with E-state index in [4.69, 9.17) is 4.74 Å². The van der Waals surface area contributed by atoms with Crippen LogP contribution in [-0.2, 0) is 20.9 Å². The SMILES string of the molecule is CN(Cc1ccccc1)C(=O)COC(=O)C12CC3CC(CC(C3)C1)C2. The van der Waals surface area contributed by atoms with Crippen LogP contribution in [0, 0.1) is 23.2 Å². The molecule has 0 heterocycles. The van der Waals surface area contributed by atoms with E-state index in [-0.39, 0.29) is 23.9 Å². The van der Waals surface area contributed by atoms with Crippen molar-refractivity contribution in [2.24, 2.45) is 23.2 Å². The van der Waals surface area contributed by atoms with E-state index in [1.54, 1.807) is 11.9 Å². The number of ether oxygens (including phenoxy) is 1. The molecule has 0 atom stereocenters. The molecule has 0 N–H and O–H groups in total. The topological polar surface area (TPSA) is 46.6 Å². The van der Waals surface area contributed by atoms with Crippen LogP contribution in [0.3, 0.4) is 0 Å². The molecule has 4 heteroatoms. The number of amides is 1. The van der Waals surface area contributed by atoms with Gasteiger partial charge in [-0.25, -0.2) is 0 Å². The molecule has 5 rings (SSSR count). The second-order valence-electron chi connectivity index (χ2n) is 8.51. The van der Waals surface area contributed by atoms with E-state index < -0.39 is 0 Å². The molecule has 134 valence electrons. The van der Waals surface area contributed by atoms with Crippen molar-refractivity contribution in [1.29, 1.82) is 0 Å². The zero-order valence-electron chi connectivity index (χ0n) is 14.9. The fourth-order valence-corrected chi connectivity index (χ4v) is 5.70. The lowest BCUT2D eigenvalue weighted by Crippen LogP contribution is -2.51. The van der Waals surface area contributed by atoms with Crippen LogP contribution in [0.15, 0.2) is 30.3 Å². The van der Waals surface area contributed by atoms with Gasteiger partial charge in [-0.3, -0.25) is 9.59 Å². The number of hydrogen-bond acceptors (Lipinski definition) is 3. The zero-order chi connectivity index (χ0) is 17.4. The number of carbonyl (C=O) groups excluding carboxylic acids is 2. The number of carbonyl (C=O) groups is 2. The Hall–Kier alpha value is -1.84. The summed E-state index contributed by atoms with van der Waals surface area (Å²) >= 11 is 0. The van der Waals surface area contributed by atoms with E-state index >= 15 is 0 Å². The average molecular weight is 341 g/mol. The van der Waals surface area contributed by atoms with Gasteiger partial charge >= 0.3 is 5.97 Å². The Morgan fingerprint density at radius 1 is 1.04 bits per heavy atom. The quantitative estimate of drug-likeness (QED) is 0.771. The van der Waals surface area contributed by atoms with Gasteiger partial charge in [0.15, 0.2) is 6.61 Å². The Bertz CT molecular complexity index is 619. The molecule has 0 aromatic heterocycles. The van der Waals surface area contributed by atoms with Crippen LogP contribution < -0.4 is 0 Å². The van der Waals surface area contributed by atoms with Gasteiger partial charge in [0, 0.05) is 13.6 Å². The van der Waals surface area contributed by atoms with Crippen molar-refractivity contribution in [2.75, 3.05) is 13.7 Å². The van der Waals surface area contributed by atoms with Crippen LogP contribution in [0.25, 0.3) is 0 Å². The fraction of sp³-hybridized carbons (Fsp3) is 0.619. The fourth-order valence-electron chi connectivity index (χ4n) is 5.70. The monoisotopic (exact) mass is 341 g/mol. The van der Waals surface area contributed by atoms with Crippen LogP contribution in [0.2, 0.25) is 0 Å². The Kier molecular flexibility index (Phi) is 4.30. The first-order chi connectivity index (χ1) is 12.0. The third-order valence-corrected chi connectivity index (χ3v) is 6.49. The van der Waals surface area contributed by atoms with Crippen molar-refractivity contribution in [3.63, 3.8) is 0 Å². The predicted molar refractivity (Wildman–Crippen MR) is 94.5 cm³/mol. The summed E-state index contributed by atoms with van der Waals surface area (Å²) in [6, 6.07) is 9.86. The highest BCUT2D eigenvalue weighted by Gasteiger charge is 2.55. The molecule has 0 radical (unpaired) electrons. The van der Waals surface area contributed by atoms with E-state index in [1.807, 2.05) is 30.3 Å². The minimum absolute atomic E-state index is 0.118. The Morgan fingerprint density at radius 2 is 1.60 bits per heavy atom. The summed E-state index contributed by atoms with van der Waals surface area (Å²) in [7, 11) is 1.76. The van der Waals surface area contributed by atoms with Gasteiger partial charge < -0.3 is 9.64 Å². The number of nitrogens with zero attached hydrogens (tertiary/aromatic N) is 1. The van der Waals surface area contributed by atoms with Crippen molar-refractivity contribution in [2.45, 2.75) is 45.1 Å². The molecule has 25 heavy (non-hydrogen) atoms. The largest absolute Gasteiger partial charge is 0.455 e. The van der Waals surface area contributed by atoms with Crippen molar-refractivity contribution >= 4 is 11.9 Å². The van der Waals surface area contributed by atoms with Gasteiger partial charge in [0.25, 0.3) is 5.91 Å². The molecule has 4 aliphatic carbocycles. The zero-order valence-corrected chi connectivity index (χ0v) is 14.9. The van der Waals surface area contributed by atoms with E-state index in [2.05, 4.69) is 0 Å². The van der Waals surface area contributed by atoms with Crippen LogP contribution in [0.5, 0.6) is 0 Å². The number of hydrogen-bond donors (Lipinski definition) is 0. The molecule has 0 saturated heterocycles. The van der Waals surface area contributed by atoms with Crippen molar-refractivity contribution in [3.8, 4) is 0 Å². The maximum atomic E-state index is 12.8. The second kappa shape index (κ2) is 6.47. The van der Waals surface area contributed by atoms with Gasteiger partial charge in [0.05, 0.1) is 5.41 Å². The number of rotatable bonds is 5. The third-order valence-electron chi connectivity index (χ3n) is 6.49. The highest BCUT2D eigenvalue weighted by atomic mass is 16.5. The summed E-state index contributed by atoms with van der Waals surface area (Å²) < 4.78 is 5.52. The third kappa shape index (κ3) is 3.31. The molecule has 1 aromatic carbocycles. The molecule has 4 bridgehead atoms. The molecule has 0 spiro atoms. The van der Waals surface area contributed by atoms with E-state index in [0.29, 0.717) is 24.3 Å². The Balaban J connectivity index is 1.32. The molecule has 4 saturated carbocycles. The minimum atomic E-state index is -0.285. The van der Waals surface area contributed by atoms with Crippen molar-refractivity contribution in [1.82, 2.24) is 4.90 Å². The average Bonchev–Trinajstić information content (AvgIpc) is 2.59. The maximum absolute atomic E-state index is 12.8. The summed E-state index contributed by atoms with van der Waals surface area (Å²) in [6.07, 6.45) is 6.82. The Labute approximate surface area is 149 Å². The summed E-state index contributed by atoms with van der Waals surface area (Å²) in [5.41, 5.74) is 0.790. The standard InChI is InChI=1S/C21H27NO3/c1-22(13-15-5-3-2-4-6-15)19(23)14-25-20(24)21-10-16-7-17(11-21)9-18(8-16)12-21/h2-6,16-18H,7-14H2,1H3. The smallest absolute Gasteiger partial charge is 0.312 e. The lowest BCUT2D eigenvalue weighted by atomic mass is 9.49. The van der Waals surface area contributed by atoms with Crippen molar-refractivity contribution in [3.05, 3.63) is 35.9 Å². The van der Waals surface area contributed by atoms with Gasteiger partial charge in [-0.15, -0.1) is 0 Å². The van der Waals surface area contributed by atoms with Crippen LogP contribution >= 0.6 is 0 Å². The van der Waals surface area contributed by atoms with E-state index in [1.165, 1.54) is 19.3 Å². The molecule has 4 aliphatic rings. The highest BCUT2D eigenvalue weighted by molar-refractivity contribution is 5.83. The molecule has 0 unspecified atom stereocenters. The highest BCUT2D eigenvalue weighted by Crippen LogP contribution is 2.60. The lowest BCUT2D eigenvalue weighted by Gasteiger charge is -2.55. The first-order valence-electron chi connectivity index (χ1n) is 9.49. The van der Waals surface area contributed by atoms with Gasteiger partial charge in [0.1, 0.15) is 0 Å². The molecule has 4 nitrogen and oxygen atoms in total. The molecule has 1 aromatic rings. The second-order valence-corrected chi connectivity index (χ2v) is 8.51. The number of benzene rings is 1. The van der Waals surface area contributed by atoms with E-state index in [0.717, 1.165) is 24.8 Å². The van der Waals surface area contributed by atoms with Gasteiger partial charge in [-0.05, 0) is 61.8 Å². The number of likely N-dealkylation sites (N-methyl/N-ethyl adjacent to an activating group) is 1. The first kappa shape index (κ1) is 16.6. The summed E-state index contributed by atoms with van der Waals surface area (Å²) in [6.45, 7) is 0.401. The lowest BCUT2D eigenvalue weighted by molar-refractivity contribution is -0.174. The van der Waals surface area contributed by atoms with Crippen molar-refractivity contribution < 1.29 is 14.3 Å². The molecule has 0 aliphatic heterocycles.